The Kier molecular flexibility index (Phi) is 5.55. The van der Waals surface area contributed by atoms with E-state index >= 15 is 0 Å². The number of nitrogens with one attached hydrogen (secondary N) is 2. The molecule has 3 atom stereocenters. The lowest BCUT2D eigenvalue weighted by atomic mass is 10.1. The summed E-state index contributed by atoms with van der Waals surface area (Å²) in [5.41, 5.74) is -1.76. The third kappa shape index (κ3) is 4.68. The molecule has 3 unspecified atom stereocenters. The van der Waals surface area contributed by atoms with Crippen molar-refractivity contribution in [3.8, 4) is 5.75 Å². The van der Waals surface area contributed by atoms with Gasteiger partial charge in [-0.2, -0.15) is 13.2 Å². The van der Waals surface area contributed by atoms with Crippen LogP contribution >= 0.6 is 0 Å². The van der Waals surface area contributed by atoms with Gasteiger partial charge >= 0.3 is 18.2 Å². The molecule has 1 heterocycles. The zero-order chi connectivity index (χ0) is 21.4. The molecule has 2 N–H and O–H groups in total. The Hall–Kier alpha value is -2.65. The summed E-state index contributed by atoms with van der Waals surface area (Å²) in [5.74, 6) is 0.236. The summed E-state index contributed by atoms with van der Waals surface area (Å²) < 4.78 is 53.9. The summed E-state index contributed by atoms with van der Waals surface area (Å²) in [7, 11) is 0. The quantitative estimate of drug-likeness (QED) is 0.707. The van der Waals surface area contributed by atoms with Crippen LogP contribution < -0.4 is 15.4 Å². The zero-order valence-electron chi connectivity index (χ0n) is 16.3. The van der Waals surface area contributed by atoms with Crippen LogP contribution in [0.25, 0.3) is 0 Å². The lowest BCUT2D eigenvalue weighted by molar-refractivity contribution is -0.242. The van der Waals surface area contributed by atoms with Crippen LogP contribution in [0, 0.1) is 11.8 Å². The summed E-state index contributed by atoms with van der Waals surface area (Å²) in [5, 5.41) is 5.45. The second-order valence-electron chi connectivity index (χ2n) is 7.53. The van der Waals surface area contributed by atoms with Crippen molar-refractivity contribution in [2.45, 2.75) is 45.1 Å². The van der Waals surface area contributed by atoms with E-state index in [1.807, 2.05) is 0 Å². The molecule has 3 rings (SSSR count). The van der Waals surface area contributed by atoms with Gasteiger partial charge in [0.25, 0.3) is 0 Å². The standard InChI is InChI=1S/C19H23F3N2O5/c1-4-27-16(25)12-8-11(12)15-9-23-13-7-10(5-6-14(13)28-15)24-17(26)29-18(2,3)19(20,21)22/h5-7,11-12,15,23H,4,8-9H2,1-3H3,(H,24,26). The van der Waals surface area contributed by atoms with Gasteiger partial charge in [0, 0.05) is 11.6 Å². The van der Waals surface area contributed by atoms with Crippen LogP contribution in [0.15, 0.2) is 18.2 Å². The van der Waals surface area contributed by atoms with Crippen LogP contribution in [0.2, 0.25) is 0 Å². The number of rotatable bonds is 5. The van der Waals surface area contributed by atoms with Crippen LogP contribution in [-0.2, 0) is 14.3 Å². The van der Waals surface area contributed by atoms with Crippen molar-refractivity contribution in [2.75, 3.05) is 23.8 Å². The summed E-state index contributed by atoms with van der Waals surface area (Å²) in [6.07, 6.45) is -5.37. The van der Waals surface area contributed by atoms with E-state index in [1.54, 1.807) is 19.1 Å². The van der Waals surface area contributed by atoms with Crippen LogP contribution in [0.1, 0.15) is 27.2 Å². The number of fused-ring (bicyclic) bond motifs is 1. The minimum atomic E-state index is -4.69. The fourth-order valence-corrected chi connectivity index (χ4v) is 3.08. The highest BCUT2D eigenvalue weighted by Gasteiger charge is 2.51. The van der Waals surface area contributed by atoms with Crippen molar-refractivity contribution in [2.24, 2.45) is 11.8 Å². The highest BCUT2D eigenvalue weighted by atomic mass is 19.4. The number of anilines is 2. The first kappa shape index (κ1) is 21.1. The van der Waals surface area contributed by atoms with Crippen molar-refractivity contribution in [1.29, 1.82) is 0 Å². The smallest absolute Gasteiger partial charge is 0.427 e. The van der Waals surface area contributed by atoms with E-state index in [9.17, 15) is 22.8 Å². The lowest BCUT2D eigenvalue weighted by Crippen LogP contribution is -2.44. The molecule has 1 aromatic carbocycles. The Bertz CT molecular complexity index is 797. The van der Waals surface area contributed by atoms with Gasteiger partial charge in [0.1, 0.15) is 11.9 Å². The first-order chi connectivity index (χ1) is 13.5. The van der Waals surface area contributed by atoms with E-state index in [2.05, 4.69) is 15.4 Å². The molecule has 1 aliphatic carbocycles. The summed E-state index contributed by atoms with van der Waals surface area (Å²) in [6.45, 7) is 4.11. The molecule has 10 heteroatoms. The number of ether oxygens (including phenoxy) is 3. The van der Waals surface area contributed by atoms with Gasteiger partial charge in [0.2, 0.25) is 5.60 Å². The third-order valence-corrected chi connectivity index (χ3v) is 4.94. The lowest BCUT2D eigenvalue weighted by Gasteiger charge is -2.29. The predicted molar refractivity (Wildman–Crippen MR) is 97.8 cm³/mol. The maximum Gasteiger partial charge on any atom is 0.427 e. The minimum Gasteiger partial charge on any atom is -0.486 e. The minimum absolute atomic E-state index is 0.0760. The van der Waals surface area contributed by atoms with Crippen molar-refractivity contribution >= 4 is 23.4 Å². The summed E-state index contributed by atoms with van der Waals surface area (Å²) in [6, 6.07) is 4.64. The van der Waals surface area contributed by atoms with E-state index in [-0.39, 0.29) is 29.6 Å². The second kappa shape index (κ2) is 7.64. The number of esters is 1. The average molecular weight is 416 g/mol. The maximum atomic E-state index is 12.8. The number of halogens is 3. The maximum absolute atomic E-state index is 12.8. The molecule has 2 aliphatic rings. The van der Waals surface area contributed by atoms with Crippen LogP contribution in [0.5, 0.6) is 5.75 Å². The fraction of sp³-hybridized carbons (Fsp3) is 0.579. The molecule has 0 spiro atoms. The van der Waals surface area contributed by atoms with Crippen molar-refractivity contribution in [1.82, 2.24) is 0 Å². The molecule has 0 bridgehead atoms. The summed E-state index contributed by atoms with van der Waals surface area (Å²) in [4.78, 5) is 23.6. The van der Waals surface area contributed by atoms with Crippen molar-refractivity contribution in [3.63, 3.8) is 0 Å². The molecular formula is C19H23F3N2O5. The van der Waals surface area contributed by atoms with Crippen molar-refractivity contribution in [3.05, 3.63) is 18.2 Å². The van der Waals surface area contributed by atoms with E-state index < -0.39 is 17.9 Å². The first-order valence-electron chi connectivity index (χ1n) is 9.29. The molecule has 7 nitrogen and oxygen atoms in total. The van der Waals surface area contributed by atoms with Gasteiger partial charge in [0.15, 0.2) is 0 Å². The van der Waals surface area contributed by atoms with E-state index in [1.165, 1.54) is 6.07 Å². The van der Waals surface area contributed by atoms with E-state index in [4.69, 9.17) is 9.47 Å². The van der Waals surface area contributed by atoms with Gasteiger partial charge in [-0.15, -0.1) is 0 Å². The van der Waals surface area contributed by atoms with Gasteiger partial charge in [-0.25, -0.2) is 4.79 Å². The van der Waals surface area contributed by atoms with Gasteiger partial charge in [-0.05, 0) is 45.4 Å². The molecule has 1 fully saturated rings. The molecule has 1 amide bonds. The molecule has 160 valence electrons. The molecule has 29 heavy (non-hydrogen) atoms. The third-order valence-electron chi connectivity index (χ3n) is 4.94. The zero-order valence-corrected chi connectivity index (χ0v) is 16.3. The predicted octanol–water partition coefficient (Wildman–Crippen LogP) is 3.95. The molecule has 1 aliphatic heterocycles. The molecule has 0 saturated heterocycles. The first-order valence-corrected chi connectivity index (χ1v) is 9.29. The molecular weight excluding hydrogens is 393 g/mol. The topological polar surface area (TPSA) is 85.9 Å². The second-order valence-corrected chi connectivity index (χ2v) is 7.53. The van der Waals surface area contributed by atoms with E-state index in [0.29, 0.717) is 31.0 Å². The molecule has 1 saturated carbocycles. The Morgan fingerprint density at radius 2 is 2.03 bits per heavy atom. The fourth-order valence-electron chi connectivity index (χ4n) is 3.08. The Morgan fingerprint density at radius 1 is 1.31 bits per heavy atom. The Balaban J connectivity index is 1.58. The van der Waals surface area contributed by atoms with Crippen LogP contribution in [0.4, 0.5) is 29.3 Å². The van der Waals surface area contributed by atoms with Crippen LogP contribution in [-0.4, -0.2) is 43.1 Å². The van der Waals surface area contributed by atoms with Crippen molar-refractivity contribution < 1.29 is 37.0 Å². The molecule has 0 aromatic heterocycles. The van der Waals surface area contributed by atoms with Crippen LogP contribution in [0.3, 0.4) is 0 Å². The Labute approximate surface area is 165 Å². The number of amides is 1. The monoisotopic (exact) mass is 416 g/mol. The number of benzene rings is 1. The normalized spacial score (nSPS) is 23.2. The molecule has 1 aromatic rings. The highest BCUT2D eigenvalue weighted by Crippen LogP contribution is 2.46. The SMILES string of the molecule is CCOC(=O)C1CC1C1CNc2cc(NC(=O)OC(C)(C)C(F)(F)F)ccc2O1. The van der Waals surface area contributed by atoms with E-state index in [0.717, 1.165) is 13.8 Å². The number of hydrogen-bond donors (Lipinski definition) is 2. The molecule has 0 radical (unpaired) electrons. The number of carbonyl (C=O) groups is 2. The number of hydrogen-bond acceptors (Lipinski definition) is 6. The summed E-state index contributed by atoms with van der Waals surface area (Å²) >= 11 is 0. The van der Waals surface area contributed by atoms with Gasteiger partial charge in [-0.3, -0.25) is 10.1 Å². The number of alkyl halides is 3. The Morgan fingerprint density at radius 3 is 2.69 bits per heavy atom. The van der Waals surface area contributed by atoms with Gasteiger partial charge < -0.3 is 19.5 Å². The average Bonchev–Trinajstić information content (AvgIpc) is 3.41. The highest BCUT2D eigenvalue weighted by molar-refractivity contribution is 5.86. The number of carbonyl (C=O) groups excluding carboxylic acids is 2. The largest absolute Gasteiger partial charge is 0.486 e. The van der Waals surface area contributed by atoms with Gasteiger partial charge in [-0.1, -0.05) is 0 Å². The van der Waals surface area contributed by atoms with Gasteiger partial charge in [0.05, 0.1) is 24.8 Å².